The van der Waals surface area contributed by atoms with Crippen molar-refractivity contribution in [2.45, 2.75) is 37.7 Å². The molecule has 118 valence electrons. The first kappa shape index (κ1) is 17.6. The average Bonchev–Trinajstić information content (AvgIpc) is 2.33. The van der Waals surface area contributed by atoms with E-state index < -0.39 is 11.9 Å². The SMILES string of the molecule is Cl.NC1(C(=O)NCc2ccc(OC(F)(F)F)cc2)CCC1. The molecule has 0 saturated heterocycles. The number of rotatable bonds is 4. The number of nitrogens with two attached hydrogens (primary N) is 1. The van der Waals surface area contributed by atoms with Crippen LogP contribution in [0.15, 0.2) is 24.3 Å². The minimum Gasteiger partial charge on any atom is -0.406 e. The summed E-state index contributed by atoms with van der Waals surface area (Å²) >= 11 is 0. The van der Waals surface area contributed by atoms with Gasteiger partial charge in [-0.25, -0.2) is 0 Å². The van der Waals surface area contributed by atoms with Gasteiger partial charge in [0, 0.05) is 6.54 Å². The Morgan fingerprint density at radius 2 is 1.86 bits per heavy atom. The lowest BCUT2D eigenvalue weighted by Crippen LogP contribution is -2.58. The van der Waals surface area contributed by atoms with Crippen LogP contribution >= 0.6 is 12.4 Å². The first-order valence-corrected chi connectivity index (χ1v) is 6.20. The Balaban J connectivity index is 0.00000220. The largest absolute Gasteiger partial charge is 0.573 e. The number of carbonyl (C=O) groups is 1. The average molecular weight is 325 g/mol. The number of hydrogen-bond acceptors (Lipinski definition) is 3. The highest BCUT2D eigenvalue weighted by Crippen LogP contribution is 2.29. The molecule has 1 amide bonds. The second-order valence-corrected chi connectivity index (χ2v) is 4.88. The molecule has 0 bridgehead atoms. The Hall–Kier alpha value is -1.47. The van der Waals surface area contributed by atoms with Gasteiger partial charge in [-0.1, -0.05) is 12.1 Å². The van der Waals surface area contributed by atoms with E-state index in [9.17, 15) is 18.0 Å². The van der Waals surface area contributed by atoms with E-state index in [-0.39, 0.29) is 30.6 Å². The number of benzene rings is 1. The number of nitrogens with one attached hydrogen (secondary N) is 1. The van der Waals surface area contributed by atoms with E-state index in [0.29, 0.717) is 18.4 Å². The Kier molecular flexibility index (Phi) is 5.47. The van der Waals surface area contributed by atoms with Crippen molar-refractivity contribution in [2.24, 2.45) is 5.73 Å². The number of ether oxygens (including phenoxy) is 1. The topological polar surface area (TPSA) is 64.4 Å². The van der Waals surface area contributed by atoms with E-state index in [1.165, 1.54) is 24.3 Å². The molecule has 1 aromatic carbocycles. The van der Waals surface area contributed by atoms with E-state index in [0.717, 1.165) is 6.42 Å². The summed E-state index contributed by atoms with van der Waals surface area (Å²) in [5, 5.41) is 2.68. The van der Waals surface area contributed by atoms with Crippen LogP contribution in [0.4, 0.5) is 13.2 Å². The molecule has 2 rings (SSSR count). The van der Waals surface area contributed by atoms with E-state index in [4.69, 9.17) is 5.73 Å². The maximum atomic E-state index is 12.0. The number of halogens is 4. The molecule has 21 heavy (non-hydrogen) atoms. The lowest BCUT2D eigenvalue weighted by molar-refractivity contribution is -0.274. The molecule has 1 aliphatic carbocycles. The highest BCUT2D eigenvalue weighted by Gasteiger charge is 2.39. The van der Waals surface area contributed by atoms with Gasteiger partial charge < -0.3 is 15.8 Å². The van der Waals surface area contributed by atoms with Crippen LogP contribution in [0.25, 0.3) is 0 Å². The van der Waals surface area contributed by atoms with Crippen molar-refractivity contribution in [1.29, 1.82) is 0 Å². The third kappa shape index (κ3) is 4.78. The fourth-order valence-electron chi connectivity index (χ4n) is 1.95. The third-order valence-corrected chi connectivity index (χ3v) is 3.31. The van der Waals surface area contributed by atoms with Gasteiger partial charge >= 0.3 is 6.36 Å². The van der Waals surface area contributed by atoms with E-state index >= 15 is 0 Å². The van der Waals surface area contributed by atoms with Gasteiger partial charge in [0.05, 0.1) is 5.54 Å². The summed E-state index contributed by atoms with van der Waals surface area (Å²) in [4.78, 5) is 11.8. The van der Waals surface area contributed by atoms with Crippen molar-refractivity contribution in [1.82, 2.24) is 5.32 Å². The molecular weight excluding hydrogens is 309 g/mol. The maximum Gasteiger partial charge on any atom is 0.573 e. The lowest BCUT2D eigenvalue weighted by atomic mass is 9.77. The van der Waals surface area contributed by atoms with E-state index in [2.05, 4.69) is 10.1 Å². The van der Waals surface area contributed by atoms with Crippen molar-refractivity contribution in [2.75, 3.05) is 0 Å². The fourth-order valence-corrected chi connectivity index (χ4v) is 1.95. The third-order valence-electron chi connectivity index (χ3n) is 3.31. The van der Waals surface area contributed by atoms with E-state index in [1.807, 2.05) is 0 Å². The Morgan fingerprint density at radius 3 is 2.29 bits per heavy atom. The number of hydrogen-bond donors (Lipinski definition) is 2. The second kappa shape index (κ2) is 6.53. The van der Waals surface area contributed by atoms with Gasteiger partial charge in [0.2, 0.25) is 5.91 Å². The summed E-state index contributed by atoms with van der Waals surface area (Å²) in [5.41, 5.74) is 5.75. The second-order valence-electron chi connectivity index (χ2n) is 4.88. The molecule has 0 aromatic heterocycles. The molecule has 1 aliphatic rings. The fraction of sp³-hybridized carbons (Fsp3) is 0.462. The quantitative estimate of drug-likeness (QED) is 0.894. The lowest BCUT2D eigenvalue weighted by Gasteiger charge is -2.36. The predicted molar refractivity (Wildman–Crippen MR) is 73.0 cm³/mol. The van der Waals surface area contributed by atoms with Gasteiger partial charge in [0.1, 0.15) is 5.75 Å². The van der Waals surface area contributed by atoms with Gasteiger partial charge in [-0.3, -0.25) is 4.79 Å². The van der Waals surface area contributed by atoms with Gasteiger partial charge in [0.25, 0.3) is 0 Å². The minimum absolute atomic E-state index is 0. The molecule has 0 unspecified atom stereocenters. The van der Waals surface area contributed by atoms with Gasteiger partial charge in [-0.15, -0.1) is 25.6 Å². The molecule has 3 N–H and O–H groups in total. The van der Waals surface area contributed by atoms with Crippen molar-refractivity contribution < 1.29 is 22.7 Å². The van der Waals surface area contributed by atoms with Crippen LogP contribution in [-0.2, 0) is 11.3 Å². The van der Waals surface area contributed by atoms with Gasteiger partial charge in [0.15, 0.2) is 0 Å². The summed E-state index contributed by atoms with van der Waals surface area (Å²) in [5.74, 6) is -0.513. The van der Waals surface area contributed by atoms with Crippen LogP contribution in [0.2, 0.25) is 0 Å². The molecule has 0 heterocycles. The Bertz CT molecular complexity index is 487. The molecule has 1 fully saturated rings. The number of amides is 1. The van der Waals surface area contributed by atoms with Gasteiger partial charge in [-0.2, -0.15) is 0 Å². The normalized spacial score (nSPS) is 16.4. The highest BCUT2D eigenvalue weighted by atomic mass is 35.5. The first-order chi connectivity index (χ1) is 9.28. The van der Waals surface area contributed by atoms with Crippen LogP contribution in [-0.4, -0.2) is 17.8 Å². The zero-order valence-corrected chi connectivity index (χ0v) is 11.9. The van der Waals surface area contributed by atoms with Crippen molar-refractivity contribution in [3.8, 4) is 5.75 Å². The summed E-state index contributed by atoms with van der Waals surface area (Å²) in [6.07, 6.45) is -2.44. The summed E-state index contributed by atoms with van der Waals surface area (Å²) < 4.78 is 39.7. The number of carbonyl (C=O) groups excluding carboxylic acids is 1. The zero-order chi connectivity index (χ0) is 14.8. The standard InChI is InChI=1S/C13H15F3N2O2.ClH/c14-13(15,16)20-10-4-2-9(3-5-10)8-18-11(19)12(17)6-1-7-12;/h2-5H,1,6-8,17H2,(H,18,19);1H. The molecule has 4 nitrogen and oxygen atoms in total. The van der Waals surface area contributed by atoms with Gasteiger partial charge in [-0.05, 0) is 37.0 Å². The molecule has 1 saturated carbocycles. The van der Waals surface area contributed by atoms with E-state index in [1.54, 1.807) is 0 Å². The first-order valence-electron chi connectivity index (χ1n) is 6.20. The molecule has 0 aliphatic heterocycles. The minimum atomic E-state index is -4.70. The van der Waals surface area contributed by atoms with Crippen molar-refractivity contribution in [3.05, 3.63) is 29.8 Å². The molecule has 1 aromatic rings. The number of alkyl halides is 3. The summed E-state index contributed by atoms with van der Waals surface area (Å²) in [6, 6.07) is 5.34. The molecule has 0 atom stereocenters. The van der Waals surface area contributed by atoms with Crippen LogP contribution in [0.3, 0.4) is 0 Å². The summed E-state index contributed by atoms with van der Waals surface area (Å²) in [7, 11) is 0. The van der Waals surface area contributed by atoms with Crippen LogP contribution in [0.1, 0.15) is 24.8 Å². The smallest absolute Gasteiger partial charge is 0.406 e. The van der Waals surface area contributed by atoms with Crippen molar-refractivity contribution >= 4 is 18.3 Å². The molecule has 0 radical (unpaired) electrons. The monoisotopic (exact) mass is 324 g/mol. The predicted octanol–water partition coefficient (Wildman–Crippen LogP) is 2.50. The van der Waals surface area contributed by atoms with Crippen LogP contribution in [0.5, 0.6) is 5.75 Å². The van der Waals surface area contributed by atoms with Crippen LogP contribution < -0.4 is 15.8 Å². The van der Waals surface area contributed by atoms with Crippen LogP contribution in [0, 0.1) is 0 Å². The Labute approximate surface area is 126 Å². The van der Waals surface area contributed by atoms with Crippen molar-refractivity contribution in [3.63, 3.8) is 0 Å². The molecular formula is C13H16ClF3N2O2. The molecule has 8 heteroatoms. The highest BCUT2D eigenvalue weighted by molar-refractivity contribution is 5.87. The molecule has 0 spiro atoms. The maximum absolute atomic E-state index is 12.0. The summed E-state index contributed by atoms with van der Waals surface area (Å²) in [6.45, 7) is 0.226. The zero-order valence-electron chi connectivity index (χ0n) is 11.1. The Morgan fingerprint density at radius 1 is 1.29 bits per heavy atom.